The first-order chi connectivity index (χ1) is 18.7. The molecule has 2 amide bonds. The summed E-state index contributed by atoms with van der Waals surface area (Å²) >= 11 is 7.82. The highest BCUT2D eigenvalue weighted by Gasteiger charge is 2.32. The summed E-state index contributed by atoms with van der Waals surface area (Å²) in [6, 6.07) is 9.78. The van der Waals surface area contributed by atoms with E-state index >= 15 is 4.39 Å². The van der Waals surface area contributed by atoms with Crippen molar-refractivity contribution in [1.29, 1.82) is 0 Å². The van der Waals surface area contributed by atoms with Gasteiger partial charge in [-0.3, -0.25) is 14.4 Å². The van der Waals surface area contributed by atoms with Crippen molar-refractivity contribution in [2.45, 2.75) is 38.1 Å². The summed E-state index contributed by atoms with van der Waals surface area (Å²) in [5.41, 5.74) is 1.60. The first-order valence-corrected chi connectivity index (χ1v) is 13.7. The number of aliphatic carboxylic acids is 1. The molecule has 0 saturated carbocycles. The van der Waals surface area contributed by atoms with Crippen molar-refractivity contribution < 1.29 is 23.9 Å². The normalized spacial score (nSPS) is 15.2. The molecule has 0 spiro atoms. The summed E-state index contributed by atoms with van der Waals surface area (Å²) < 4.78 is 17.0. The zero-order chi connectivity index (χ0) is 27.7. The average Bonchev–Trinajstić information content (AvgIpc) is 3.64. The van der Waals surface area contributed by atoms with Crippen LogP contribution in [0.2, 0.25) is 5.02 Å². The molecule has 4 aromatic rings. The fourth-order valence-electron chi connectivity index (χ4n) is 4.94. The molecule has 1 aliphatic heterocycles. The minimum atomic E-state index is -0.873. The van der Waals surface area contributed by atoms with Gasteiger partial charge in [-0.05, 0) is 43.0 Å². The number of halogens is 2. The number of rotatable bonds is 8. The predicted octanol–water partition coefficient (Wildman–Crippen LogP) is 5.60. The van der Waals surface area contributed by atoms with E-state index in [0.717, 1.165) is 39.7 Å². The molecule has 8 nitrogen and oxygen atoms in total. The minimum Gasteiger partial charge on any atom is -0.481 e. The van der Waals surface area contributed by atoms with Crippen LogP contribution in [0.5, 0.6) is 0 Å². The number of likely N-dealkylation sites (tertiary alicyclic amines) is 1. The lowest BCUT2D eigenvalue weighted by molar-refractivity contribution is -0.137. The number of nitrogens with one attached hydrogen (secondary N) is 1. The Balaban J connectivity index is 1.28. The smallest absolute Gasteiger partial charge is 0.303 e. The summed E-state index contributed by atoms with van der Waals surface area (Å²) in [6.45, 7) is 0.530. The largest absolute Gasteiger partial charge is 0.481 e. The number of amides is 2. The first-order valence-electron chi connectivity index (χ1n) is 12.5. The standard InChI is InChI=1S/C28H26ClFN4O4S/c1-33-15-19(18-5-2-3-6-23(18)33)27(38)32-22-13-21(30)16(11-20(22)29)12-25(35)34-10-4-7-24(34)28-31-14-17(39-28)8-9-26(36)37/h2-3,5-6,11,13-15,24H,4,7-10,12H2,1H3,(H,32,38)(H,36,37)/t24-/m0/s1. The maximum atomic E-state index is 15.1. The van der Waals surface area contributed by atoms with E-state index in [2.05, 4.69) is 10.3 Å². The molecule has 11 heteroatoms. The summed E-state index contributed by atoms with van der Waals surface area (Å²) in [7, 11) is 1.84. The van der Waals surface area contributed by atoms with Gasteiger partial charge in [0.05, 0.1) is 35.2 Å². The summed E-state index contributed by atoms with van der Waals surface area (Å²) in [4.78, 5) is 44.0. The molecule has 2 aromatic heterocycles. The lowest BCUT2D eigenvalue weighted by Crippen LogP contribution is -2.32. The van der Waals surface area contributed by atoms with Gasteiger partial charge in [-0.1, -0.05) is 29.8 Å². The van der Waals surface area contributed by atoms with Crippen LogP contribution in [0.15, 0.2) is 48.8 Å². The highest BCUT2D eigenvalue weighted by atomic mass is 35.5. The van der Waals surface area contributed by atoms with Gasteiger partial charge in [-0.2, -0.15) is 0 Å². The van der Waals surface area contributed by atoms with Crippen molar-refractivity contribution >= 4 is 57.3 Å². The van der Waals surface area contributed by atoms with Crippen LogP contribution in [0.1, 0.15) is 51.1 Å². The number of hydrogen-bond donors (Lipinski definition) is 2. The van der Waals surface area contributed by atoms with Crippen LogP contribution in [-0.4, -0.2) is 43.9 Å². The molecule has 0 aliphatic carbocycles. The van der Waals surface area contributed by atoms with Crippen molar-refractivity contribution in [3.63, 3.8) is 0 Å². The number of hydrogen-bond acceptors (Lipinski definition) is 5. The van der Waals surface area contributed by atoms with E-state index < -0.39 is 17.7 Å². The van der Waals surface area contributed by atoms with Crippen LogP contribution in [0.3, 0.4) is 0 Å². The molecule has 5 rings (SSSR count). The fraction of sp³-hybridized carbons (Fsp3) is 0.286. The number of nitrogens with zero attached hydrogens (tertiary/aromatic N) is 3. The lowest BCUT2D eigenvalue weighted by atomic mass is 10.1. The number of anilines is 1. The molecule has 2 N–H and O–H groups in total. The summed E-state index contributed by atoms with van der Waals surface area (Å²) in [6.07, 6.45) is 5.13. The summed E-state index contributed by atoms with van der Waals surface area (Å²) in [5, 5.41) is 13.3. The topological polar surface area (TPSA) is 105 Å². The molecule has 0 radical (unpaired) electrons. The molecule has 39 heavy (non-hydrogen) atoms. The van der Waals surface area contributed by atoms with Crippen molar-refractivity contribution in [3.8, 4) is 0 Å². The second kappa shape index (κ2) is 11.2. The maximum Gasteiger partial charge on any atom is 0.303 e. The van der Waals surface area contributed by atoms with Gasteiger partial charge >= 0.3 is 5.97 Å². The van der Waals surface area contributed by atoms with Crippen LogP contribution in [0.4, 0.5) is 10.1 Å². The van der Waals surface area contributed by atoms with Crippen molar-refractivity contribution in [3.05, 3.63) is 80.6 Å². The lowest BCUT2D eigenvalue weighted by Gasteiger charge is -2.23. The number of thiazole rings is 1. The van der Waals surface area contributed by atoms with Crippen molar-refractivity contribution in [2.24, 2.45) is 7.05 Å². The zero-order valence-corrected chi connectivity index (χ0v) is 22.7. The second-order valence-corrected chi connectivity index (χ2v) is 11.1. The SMILES string of the molecule is Cn1cc(C(=O)Nc2cc(F)c(CC(=O)N3CCC[C@H]3c3ncc(CCC(=O)O)s3)cc2Cl)c2ccccc21. The van der Waals surface area contributed by atoms with E-state index in [1.165, 1.54) is 17.4 Å². The van der Waals surface area contributed by atoms with Crippen LogP contribution < -0.4 is 5.32 Å². The molecule has 202 valence electrons. The van der Waals surface area contributed by atoms with E-state index in [4.69, 9.17) is 16.7 Å². The average molecular weight is 569 g/mol. The van der Waals surface area contributed by atoms with Crippen LogP contribution >= 0.6 is 22.9 Å². The van der Waals surface area contributed by atoms with Gasteiger partial charge in [0.25, 0.3) is 5.91 Å². The van der Waals surface area contributed by atoms with Crippen molar-refractivity contribution in [2.75, 3.05) is 11.9 Å². The monoisotopic (exact) mass is 568 g/mol. The molecule has 1 aliphatic rings. The van der Waals surface area contributed by atoms with Gasteiger partial charge in [-0.15, -0.1) is 11.3 Å². The van der Waals surface area contributed by atoms with Gasteiger partial charge in [0.1, 0.15) is 10.8 Å². The number of carboxylic acid groups (broad SMARTS) is 1. The third-order valence-electron chi connectivity index (χ3n) is 6.88. The molecular formula is C28H26ClFN4O4S. The molecule has 1 atom stereocenters. The Labute approximate surface area is 233 Å². The number of benzene rings is 2. The number of carboxylic acids is 1. The first kappa shape index (κ1) is 26.8. The van der Waals surface area contributed by atoms with E-state index in [1.54, 1.807) is 17.3 Å². The number of aromatic nitrogens is 2. The Morgan fingerprint density at radius 1 is 1.26 bits per heavy atom. The van der Waals surface area contributed by atoms with E-state index in [1.807, 2.05) is 35.9 Å². The molecule has 3 heterocycles. The molecule has 2 aromatic carbocycles. The number of para-hydroxylation sites is 1. The Morgan fingerprint density at radius 2 is 2.05 bits per heavy atom. The second-order valence-electron chi connectivity index (χ2n) is 9.53. The number of fused-ring (bicyclic) bond motifs is 1. The molecule has 0 unspecified atom stereocenters. The third kappa shape index (κ3) is 5.67. The Hall–Kier alpha value is -3.76. The van der Waals surface area contributed by atoms with E-state index in [9.17, 15) is 14.4 Å². The molecule has 1 fully saturated rings. The Bertz CT molecular complexity index is 1580. The predicted molar refractivity (Wildman–Crippen MR) is 148 cm³/mol. The maximum absolute atomic E-state index is 15.1. The fourth-order valence-corrected chi connectivity index (χ4v) is 6.24. The molecule has 0 bridgehead atoms. The highest BCUT2D eigenvalue weighted by molar-refractivity contribution is 7.11. The van der Waals surface area contributed by atoms with Gasteiger partial charge < -0.3 is 19.9 Å². The minimum absolute atomic E-state index is 0.0212. The highest BCUT2D eigenvalue weighted by Crippen LogP contribution is 2.36. The molecule has 1 saturated heterocycles. The number of carbonyl (C=O) groups excluding carboxylic acids is 2. The number of carbonyl (C=O) groups is 3. The van der Waals surface area contributed by atoms with E-state index in [-0.39, 0.29) is 41.1 Å². The quantitative estimate of drug-likeness (QED) is 0.288. The van der Waals surface area contributed by atoms with Crippen LogP contribution in [0.25, 0.3) is 10.9 Å². The van der Waals surface area contributed by atoms with Gasteiger partial charge in [0.15, 0.2) is 0 Å². The third-order valence-corrected chi connectivity index (χ3v) is 8.35. The Kier molecular flexibility index (Phi) is 7.67. The van der Waals surface area contributed by atoms with Crippen LogP contribution in [0, 0.1) is 5.82 Å². The van der Waals surface area contributed by atoms with Gasteiger partial charge in [0.2, 0.25) is 5.91 Å². The van der Waals surface area contributed by atoms with Crippen LogP contribution in [-0.2, 0) is 29.5 Å². The van der Waals surface area contributed by atoms with E-state index in [0.29, 0.717) is 18.5 Å². The summed E-state index contributed by atoms with van der Waals surface area (Å²) in [5.74, 6) is -2.17. The van der Waals surface area contributed by atoms with Gasteiger partial charge in [-0.25, -0.2) is 9.37 Å². The number of aryl methyl sites for hydroxylation is 2. The zero-order valence-electron chi connectivity index (χ0n) is 21.1. The Morgan fingerprint density at radius 3 is 2.85 bits per heavy atom. The van der Waals surface area contributed by atoms with Crippen molar-refractivity contribution in [1.82, 2.24) is 14.5 Å². The molecular weight excluding hydrogens is 543 g/mol. The van der Waals surface area contributed by atoms with Gasteiger partial charge in [0, 0.05) is 41.8 Å².